The molecule has 2 fully saturated rings. The maximum absolute atomic E-state index is 12.7. The molecule has 0 aromatic carbocycles. The van der Waals surface area contributed by atoms with Gasteiger partial charge in [0.25, 0.3) is 0 Å². The van der Waals surface area contributed by atoms with Crippen molar-refractivity contribution in [3.63, 3.8) is 0 Å². The molecule has 1 aliphatic heterocycles. The van der Waals surface area contributed by atoms with Gasteiger partial charge in [0.1, 0.15) is 5.60 Å². The Morgan fingerprint density at radius 3 is 2.00 bits per heavy atom. The Balaban J connectivity index is 2.10. The summed E-state index contributed by atoms with van der Waals surface area (Å²) in [5.74, 6) is 0.191. The summed E-state index contributed by atoms with van der Waals surface area (Å²) in [6.45, 7) is 13.3. The van der Waals surface area contributed by atoms with Crippen molar-refractivity contribution in [2.24, 2.45) is 5.41 Å². The first-order valence-electron chi connectivity index (χ1n) is 8.25. The van der Waals surface area contributed by atoms with Gasteiger partial charge in [-0.1, -0.05) is 20.8 Å². The Labute approximate surface area is 134 Å². The molecule has 2 aliphatic rings. The smallest absolute Gasteiger partial charge is 0.410 e. The van der Waals surface area contributed by atoms with Gasteiger partial charge in [-0.3, -0.25) is 4.79 Å². The highest BCUT2D eigenvalue weighted by Gasteiger charge is 2.51. The lowest BCUT2D eigenvalue weighted by Crippen LogP contribution is -2.69. The van der Waals surface area contributed by atoms with Gasteiger partial charge < -0.3 is 14.5 Å². The molecular formula is C17H30N2O3. The highest BCUT2D eigenvalue weighted by Crippen LogP contribution is 2.42. The lowest BCUT2D eigenvalue weighted by Gasteiger charge is -2.56. The summed E-state index contributed by atoms with van der Waals surface area (Å²) in [7, 11) is 0. The van der Waals surface area contributed by atoms with Gasteiger partial charge in [0.2, 0.25) is 5.91 Å². The summed E-state index contributed by atoms with van der Waals surface area (Å²) in [6, 6.07) is 0. The molecule has 2 amide bonds. The van der Waals surface area contributed by atoms with E-state index in [1.54, 1.807) is 4.90 Å². The van der Waals surface area contributed by atoms with Crippen LogP contribution in [0.25, 0.3) is 0 Å². The lowest BCUT2D eigenvalue weighted by atomic mass is 9.72. The fourth-order valence-corrected chi connectivity index (χ4v) is 3.19. The average Bonchev–Trinajstić information content (AvgIpc) is 2.32. The van der Waals surface area contributed by atoms with E-state index < -0.39 is 5.60 Å². The van der Waals surface area contributed by atoms with Crippen molar-refractivity contribution in [3.8, 4) is 0 Å². The van der Waals surface area contributed by atoms with Gasteiger partial charge in [-0.15, -0.1) is 0 Å². The summed E-state index contributed by atoms with van der Waals surface area (Å²) >= 11 is 0. The third-order valence-electron chi connectivity index (χ3n) is 4.47. The summed E-state index contributed by atoms with van der Waals surface area (Å²) in [6.07, 6.45) is 2.82. The molecular weight excluding hydrogens is 280 g/mol. The predicted octanol–water partition coefficient (Wildman–Crippen LogP) is 3.03. The Kier molecular flexibility index (Phi) is 4.22. The second-order valence-electron chi connectivity index (χ2n) is 8.69. The second-order valence-corrected chi connectivity index (χ2v) is 8.69. The van der Waals surface area contributed by atoms with E-state index in [4.69, 9.17) is 4.74 Å². The largest absolute Gasteiger partial charge is 0.444 e. The maximum Gasteiger partial charge on any atom is 0.410 e. The van der Waals surface area contributed by atoms with Crippen LogP contribution in [0.2, 0.25) is 0 Å². The van der Waals surface area contributed by atoms with E-state index in [9.17, 15) is 9.59 Å². The van der Waals surface area contributed by atoms with Crippen molar-refractivity contribution in [1.82, 2.24) is 9.80 Å². The zero-order valence-electron chi connectivity index (χ0n) is 14.9. The minimum Gasteiger partial charge on any atom is -0.444 e. The molecule has 0 aromatic heterocycles. The lowest BCUT2D eigenvalue weighted by molar-refractivity contribution is -0.156. The van der Waals surface area contributed by atoms with E-state index in [0.717, 1.165) is 19.3 Å². The van der Waals surface area contributed by atoms with E-state index >= 15 is 0 Å². The van der Waals surface area contributed by atoms with Gasteiger partial charge in [-0.2, -0.15) is 0 Å². The standard InChI is InChI=1S/C17H30N2O3/c1-15(2,3)13(20)19-11-10-18(12-17(19)8-7-9-17)14(21)22-16(4,5)6/h7-12H2,1-6H3. The van der Waals surface area contributed by atoms with Crippen LogP contribution in [0.3, 0.4) is 0 Å². The zero-order valence-corrected chi connectivity index (χ0v) is 14.9. The summed E-state index contributed by atoms with van der Waals surface area (Å²) in [5.41, 5.74) is -1.03. The van der Waals surface area contributed by atoms with Crippen LogP contribution in [0.5, 0.6) is 0 Å². The van der Waals surface area contributed by atoms with Crippen molar-refractivity contribution in [2.75, 3.05) is 19.6 Å². The van der Waals surface area contributed by atoms with Gasteiger partial charge >= 0.3 is 6.09 Å². The molecule has 1 saturated carbocycles. The molecule has 0 atom stereocenters. The second kappa shape index (κ2) is 5.43. The van der Waals surface area contributed by atoms with Crippen LogP contribution in [0.15, 0.2) is 0 Å². The average molecular weight is 310 g/mol. The highest BCUT2D eigenvalue weighted by molar-refractivity contribution is 5.83. The molecule has 126 valence electrons. The van der Waals surface area contributed by atoms with Gasteiger partial charge in [0, 0.05) is 25.0 Å². The molecule has 1 saturated heterocycles. The minimum absolute atomic E-state index is 0.167. The maximum atomic E-state index is 12.7. The fraction of sp³-hybridized carbons (Fsp3) is 0.882. The summed E-state index contributed by atoms with van der Waals surface area (Å²) in [4.78, 5) is 28.8. The highest BCUT2D eigenvalue weighted by atomic mass is 16.6. The van der Waals surface area contributed by atoms with Crippen LogP contribution in [0.1, 0.15) is 60.8 Å². The SMILES string of the molecule is CC(C)(C)OC(=O)N1CCN(C(=O)C(C)(C)C)C2(CCC2)C1. The Morgan fingerprint density at radius 1 is 1.00 bits per heavy atom. The van der Waals surface area contributed by atoms with Crippen LogP contribution < -0.4 is 0 Å². The number of nitrogens with zero attached hydrogens (tertiary/aromatic N) is 2. The minimum atomic E-state index is -0.484. The first-order chi connectivity index (χ1) is 9.95. The molecule has 5 nitrogen and oxygen atoms in total. The van der Waals surface area contributed by atoms with Crippen LogP contribution in [0, 0.1) is 5.41 Å². The number of piperazine rings is 1. The van der Waals surface area contributed by atoms with E-state index in [1.165, 1.54) is 0 Å². The number of hydrogen-bond donors (Lipinski definition) is 0. The first kappa shape index (κ1) is 17.1. The third kappa shape index (κ3) is 3.39. The van der Waals surface area contributed by atoms with E-state index in [-0.39, 0.29) is 23.0 Å². The Hall–Kier alpha value is -1.26. The summed E-state index contributed by atoms with van der Waals surface area (Å²) in [5, 5.41) is 0. The fourth-order valence-electron chi connectivity index (χ4n) is 3.19. The summed E-state index contributed by atoms with van der Waals surface area (Å²) < 4.78 is 5.49. The molecule has 0 N–H and O–H groups in total. The van der Waals surface area contributed by atoms with Gasteiger partial charge in [0.05, 0.1) is 5.54 Å². The molecule has 22 heavy (non-hydrogen) atoms. The Bertz CT molecular complexity index is 456. The topological polar surface area (TPSA) is 49.9 Å². The Morgan fingerprint density at radius 2 is 1.59 bits per heavy atom. The molecule has 0 unspecified atom stereocenters. The molecule has 1 aliphatic carbocycles. The number of rotatable bonds is 0. The molecule has 0 bridgehead atoms. The quantitative estimate of drug-likeness (QED) is 0.691. The third-order valence-corrected chi connectivity index (χ3v) is 4.47. The number of carbonyl (C=O) groups excluding carboxylic acids is 2. The molecule has 1 spiro atoms. The van der Waals surface area contributed by atoms with Crippen LogP contribution >= 0.6 is 0 Å². The van der Waals surface area contributed by atoms with Crippen molar-refractivity contribution in [3.05, 3.63) is 0 Å². The molecule has 5 heteroatoms. The number of carbonyl (C=O) groups is 2. The van der Waals surface area contributed by atoms with Crippen molar-refractivity contribution >= 4 is 12.0 Å². The van der Waals surface area contributed by atoms with Crippen LogP contribution in [0.4, 0.5) is 4.79 Å². The number of hydrogen-bond acceptors (Lipinski definition) is 3. The van der Waals surface area contributed by atoms with Crippen molar-refractivity contribution < 1.29 is 14.3 Å². The first-order valence-corrected chi connectivity index (χ1v) is 8.25. The van der Waals surface area contributed by atoms with Crippen molar-refractivity contribution in [2.45, 2.75) is 71.9 Å². The van der Waals surface area contributed by atoms with Gasteiger partial charge in [-0.25, -0.2) is 4.79 Å². The number of amides is 2. The van der Waals surface area contributed by atoms with E-state index in [0.29, 0.717) is 19.6 Å². The zero-order chi connectivity index (χ0) is 16.8. The molecule has 1 heterocycles. The van der Waals surface area contributed by atoms with Crippen molar-refractivity contribution in [1.29, 1.82) is 0 Å². The van der Waals surface area contributed by atoms with E-state index in [1.807, 2.05) is 46.4 Å². The number of ether oxygens (including phenoxy) is 1. The van der Waals surface area contributed by atoms with Crippen LogP contribution in [-0.4, -0.2) is 52.6 Å². The monoisotopic (exact) mass is 310 g/mol. The molecule has 0 radical (unpaired) electrons. The molecule has 0 aromatic rings. The van der Waals surface area contributed by atoms with Gasteiger partial charge in [-0.05, 0) is 40.0 Å². The normalized spacial score (nSPS) is 21.5. The van der Waals surface area contributed by atoms with Gasteiger partial charge in [0.15, 0.2) is 0 Å². The van der Waals surface area contributed by atoms with E-state index in [2.05, 4.69) is 0 Å². The van der Waals surface area contributed by atoms with Crippen LogP contribution in [-0.2, 0) is 9.53 Å². The predicted molar refractivity (Wildman–Crippen MR) is 85.6 cm³/mol. The molecule has 2 rings (SSSR count).